The third-order valence-corrected chi connectivity index (χ3v) is 3.75. The van der Waals surface area contributed by atoms with Crippen molar-refractivity contribution < 1.29 is 24.0 Å². The number of hydrogen-bond acceptors (Lipinski definition) is 7. The van der Waals surface area contributed by atoms with Gasteiger partial charge < -0.3 is 32.4 Å². The van der Waals surface area contributed by atoms with E-state index in [2.05, 4.69) is 21.3 Å². The molecule has 0 radical (unpaired) electrons. The second-order valence-corrected chi connectivity index (χ2v) is 6.05. The average molecular weight is 416 g/mol. The van der Waals surface area contributed by atoms with E-state index in [0.717, 1.165) is 12.4 Å². The fourth-order valence-corrected chi connectivity index (χ4v) is 2.05. The lowest BCUT2D eigenvalue weighted by molar-refractivity contribution is -0.138. The van der Waals surface area contributed by atoms with Crippen molar-refractivity contribution in [3.8, 4) is 0 Å². The monoisotopic (exact) mass is 416 g/mol. The lowest BCUT2D eigenvalue weighted by Gasteiger charge is -2.14. The van der Waals surface area contributed by atoms with Gasteiger partial charge in [0.05, 0.1) is 13.1 Å². The summed E-state index contributed by atoms with van der Waals surface area (Å²) in [5.41, 5.74) is 5.91. The highest BCUT2D eigenvalue weighted by atomic mass is 16.2. The highest BCUT2D eigenvalue weighted by Crippen LogP contribution is 1.97. The molecule has 0 aromatic heterocycles. The van der Waals surface area contributed by atoms with Crippen LogP contribution >= 0.6 is 0 Å². The molecule has 0 saturated heterocycles. The van der Waals surface area contributed by atoms with Crippen LogP contribution < -0.4 is 27.0 Å². The number of nitrogens with one attached hydrogen (secondary N) is 5. The Morgan fingerprint density at radius 1 is 1.00 bits per heavy atom. The molecule has 0 spiro atoms. The predicted octanol–water partition coefficient (Wildman–Crippen LogP) is -1.79. The summed E-state index contributed by atoms with van der Waals surface area (Å²) < 4.78 is 0. The van der Waals surface area contributed by atoms with Gasteiger partial charge in [0.2, 0.25) is 17.6 Å². The van der Waals surface area contributed by atoms with E-state index in [9.17, 15) is 24.0 Å². The van der Waals surface area contributed by atoms with Crippen LogP contribution in [0.25, 0.3) is 0 Å². The number of carbonyl (C=O) groups is 5. The van der Waals surface area contributed by atoms with Gasteiger partial charge in [-0.1, -0.05) is 18.2 Å². The number of rotatable bonds is 11. The molecule has 1 aromatic carbocycles. The third kappa shape index (κ3) is 8.33. The highest BCUT2D eigenvalue weighted by molar-refractivity contribution is 6.37. The molecule has 11 heteroatoms. The van der Waals surface area contributed by atoms with E-state index >= 15 is 0 Å². The van der Waals surface area contributed by atoms with Crippen molar-refractivity contribution in [3.05, 3.63) is 47.7 Å². The van der Waals surface area contributed by atoms with Crippen molar-refractivity contribution in [1.82, 2.24) is 21.3 Å². The Bertz CT molecular complexity index is 837. The fraction of sp³-hybridized carbons (Fsp3) is 0.263. The Balaban J connectivity index is 2.35. The number of ketones is 1. The van der Waals surface area contributed by atoms with E-state index in [1.165, 1.54) is 6.92 Å². The quantitative estimate of drug-likeness (QED) is 0.183. The summed E-state index contributed by atoms with van der Waals surface area (Å²) in [6, 6.07) is 7.31. The van der Waals surface area contributed by atoms with Gasteiger partial charge in [-0.05, 0) is 19.1 Å². The van der Waals surface area contributed by atoms with Crippen LogP contribution in [0.1, 0.15) is 17.3 Å². The standard InChI is InChI=1S/C19H24N6O5/c1-12(25-16(27)11-24-18(29)14-5-3-2-4-6-14)17(28)23-10-15(26)19(30)22-9-13(7-20)8-21/h2-8,12,20H,9-11,21H2,1H3,(H,22,30)(H,23,28)(H,24,29)(H,25,27)/b13-8+,20-7?. The van der Waals surface area contributed by atoms with Crippen molar-refractivity contribution in [2.75, 3.05) is 19.6 Å². The number of benzene rings is 1. The Hall–Kier alpha value is -4.02. The van der Waals surface area contributed by atoms with Gasteiger partial charge in [-0.3, -0.25) is 24.0 Å². The SMILES string of the molecule is CC(NC(=O)CNC(=O)c1ccccc1)C(=O)NCC(=O)C(=O)NC/C(C=N)=C/N. The lowest BCUT2D eigenvalue weighted by atomic mass is 10.2. The molecule has 7 N–H and O–H groups in total. The first-order chi connectivity index (χ1) is 14.3. The average Bonchev–Trinajstić information content (AvgIpc) is 2.76. The number of amides is 4. The molecular weight excluding hydrogens is 392 g/mol. The summed E-state index contributed by atoms with van der Waals surface area (Å²) in [6.07, 6.45) is 2.05. The number of carbonyl (C=O) groups excluding carboxylic acids is 5. The second-order valence-electron chi connectivity index (χ2n) is 6.05. The molecule has 0 aliphatic carbocycles. The van der Waals surface area contributed by atoms with Crippen LogP contribution in [0, 0.1) is 5.41 Å². The maximum atomic E-state index is 12.0. The van der Waals surface area contributed by atoms with Gasteiger partial charge in [-0.15, -0.1) is 0 Å². The van der Waals surface area contributed by atoms with Crippen molar-refractivity contribution in [3.63, 3.8) is 0 Å². The van der Waals surface area contributed by atoms with Crippen LogP contribution in [0.15, 0.2) is 42.1 Å². The van der Waals surface area contributed by atoms with Crippen LogP contribution in [0.4, 0.5) is 0 Å². The Labute approximate surface area is 173 Å². The first-order valence-electron chi connectivity index (χ1n) is 8.91. The molecule has 0 aliphatic heterocycles. The van der Waals surface area contributed by atoms with E-state index in [4.69, 9.17) is 11.1 Å². The predicted molar refractivity (Wildman–Crippen MR) is 108 cm³/mol. The zero-order valence-corrected chi connectivity index (χ0v) is 16.4. The van der Waals surface area contributed by atoms with Gasteiger partial charge in [0.25, 0.3) is 11.8 Å². The fourth-order valence-electron chi connectivity index (χ4n) is 2.05. The molecule has 0 heterocycles. The van der Waals surface area contributed by atoms with Crippen LogP contribution in [-0.2, 0) is 19.2 Å². The molecule has 0 fully saturated rings. The van der Waals surface area contributed by atoms with Crippen molar-refractivity contribution in [1.29, 1.82) is 5.41 Å². The molecule has 0 saturated carbocycles. The lowest BCUT2D eigenvalue weighted by Crippen LogP contribution is -2.49. The van der Waals surface area contributed by atoms with E-state index < -0.39 is 42.0 Å². The summed E-state index contributed by atoms with van der Waals surface area (Å²) in [5, 5.41) is 16.3. The second kappa shape index (κ2) is 12.4. The van der Waals surface area contributed by atoms with Crippen LogP contribution in [0.3, 0.4) is 0 Å². The van der Waals surface area contributed by atoms with Gasteiger partial charge in [0, 0.05) is 30.1 Å². The van der Waals surface area contributed by atoms with Crippen molar-refractivity contribution in [2.45, 2.75) is 13.0 Å². The van der Waals surface area contributed by atoms with Gasteiger partial charge in [0.1, 0.15) is 6.04 Å². The number of hydrogen-bond donors (Lipinski definition) is 6. The Kier molecular flexibility index (Phi) is 9.96. The smallest absolute Gasteiger partial charge is 0.289 e. The molecule has 1 aromatic rings. The summed E-state index contributed by atoms with van der Waals surface area (Å²) in [5.74, 6) is -3.56. The summed E-state index contributed by atoms with van der Waals surface area (Å²) in [7, 11) is 0. The number of Topliss-reactive ketones (excluding diaryl/α,β-unsaturated/α-hetero) is 1. The van der Waals surface area contributed by atoms with Gasteiger partial charge in [0.15, 0.2) is 0 Å². The van der Waals surface area contributed by atoms with E-state index in [0.29, 0.717) is 11.1 Å². The highest BCUT2D eigenvalue weighted by Gasteiger charge is 2.19. The molecule has 1 atom stereocenters. The normalized spacial score (nSPS) is 11.6. The maximum absolute atomic E-state index is 12.0. The molecule has 160 valence electrons. The summed E-state index contributed by atoms with van der Waals surface area (Å²) in [4.78, 5) is 59.1. The Morgan fingerprint density at radius 2 is 1.67 bits per heavy atom. The summed E-state index contributed by atoms with van der Waals surface area (Å²) in [6.45, 7) is 0.386. The first kappa shape index (κ1) is 24.0. The van der Waals surface area contributed by atoms with Gasteiger partial charge in [-0.2, -0.15) is 0 Å². The maximum Gasteiger partial charge on any atom is 0.289 e. The van der Waals surface area contributed by atoms with Crippen LogP contribution in [0.5, 0.6) is 0 Å². The number of nitrogens with two attached hydrogens (primary N) is 1. The largest absolute Gasteiger partial charge is 0.404 e. The van der Waals surface area contributed by atoms with E-state index in [1.807, 2.05) is 0 Å². The first-order valence-corrected chi connectivity index (χ1v) is 8.91. The van der Waals surface area contributed by atoms with Crippen molar-refractivity contribution in [2.24, 2.45) is 5.73 Å². The molecule has 4 amide bonds. The third-order valence-electron chi connectivity index (χ3n) is 3.75. The minimum Gasteiger partial charge on any atom is -0.404 e. The van der Waals surface area contributed by atoms with Crippen LogP contribution in [-0.4, -0.2) is 61.3 Å². The van der Waals surface area contributed by atoms with E-state index in [1.54, 1.807) is 30.3 Å². The Morgan fingerprint density at radius 3 is 2.27 bits per heavy atom. The topological polar surface area (TPSA) is 183 Å². The minimum absolute atomic E-state index is 0.0975. The molecular formula is C19H24N6O5. The molecule has 1 rings (SSSR count). The molecule has 0 bridgehead atoms. The zero-order chi connectivity index (χ0) is 22.5. The van der Waals surface area contributed by atoms with Gasteiger partial charge >= 0.3 is 0 Å². The molecule has 0 aliphatic rings. The summed E-state index contributed by atoms with van der Waals surface area (Å²) >= 11 is 0. The minimum atomic E-state index is -0.994. The molecule has 30 heavy (non-hydrogen) atoms. The zero-order valence-electron chi connectivity index (χ0n) is 16.4. The molecule has 1 unspecified atom stereocenters. The van der Waals surface area contributed by atoms with E-state index in [-0.39, 0.29) is 13.1 Å². The molecule has 11 nitrogen and oxygen atoms in total. The van der Waals surface area contributed by atoms with Gasteiger partial charge in [-0.25, -0.2) is 0 Å². The van der Waals surface area contributed by atoms with Crippen LogP contribution in [0.2, 0.25) is 0 Å². The van der Waals surface area contributed by atoms with Crippen molar-refractivity contribution >= 4 is 35.6 Å².